The number of primary amides is 1. The molecule has 0 aromatic heterocycles. The molecule has 0 spiro atoms. The minimum absolute atomic E-state index is 0.215. The first-order chi connectivity index (χ1) is 8.15. The largest absolute Gasteiger partial charge is 0.367 e. The van der Waals surface area contributed by atoms with Crippen LogP contribution in [-0.2, 0) is 16.0 Å². The Kier molecular flexibility index (Phi) is 3.99. The fourth-order valence-corrected chi connectivity index (χ4v) is 1.97. The van der Waals surface area contributed by atoms with Crippen molar-refractivity contribution in [2.75, 3.05) is 13.2 Å². The summed E-state index contributed by atoms with van der Waals surface area (Å²) in [6, 6.07) is 7.93. The van der Waals surface area contributed by atoms with Crippen LogP contribution in [0.15, 0.2) is 24.3 Å². The Balaban J connectivity index is 1.85. The summed E-state index contributed by atoms with van der Waals surface area (Å²) in [5.74, 6) is -0.414. The van der Waals surface area contributed by atoms with Crippen molar-refractivity contribution in [1.82, 2.24) is 5.32 Å². The number of hydrogen-bond donors (Lipinski definition) is 2. The van der Waals surface area contributed by atoms with E-state index in [1.165, 1.54) is 5.56 Å². The van der Waals surface area contributed by atoms with Gasteiger partial charge < -0.3 is 15.8 Å². The molecule has 92 valence electrons. The predicted molar refractivity (Wildman–Crippen MR) is 65.9 cm³/mol. The van der Waals surface area contributed by atoms with E-state index in [0.717, 1.165) is 11.4 Å². The van der Waals surface area contributed by atoms with E-state index in [-0.39, 0.29) is 6.04 Å². The van der Waals surface area contributed by atoms with Crippen LogP contribution in [0.1, 0.15) is 5.56 Å². The second-order valence-corrected chi connectivity index (χ2v) is 4.60. The van der Waals surface area contributed by atoms with Gasteiger partial charge in [0.2, 0.25) is 5.91 Å². The first kappa shape index (κ1) is 12.4. The van der Waals surface area contributed by atoms with Crippen LogP contribution < -0.4 is 11.1 Å². The van der Waals surface area contributed by atoms with Crippen LogP contribution in [0.25, 0.3) is 0 Å². The molecule has 4 nitrogen and oxygen atoms in total. The standard InChI is InChI=1S/C12H15ClN2O2/c13-9-3-1-8(2-4-9)5-10-7-17-11(6-15-10)12(14)16/h1-4,10-11,15H,5-7H2,(H2,14,16)/t10?,11-/m0/s1. The van der Waals surface area contributed by atoms with Crippen molar-refractivity contribution in [3.05, 3.63) is 34.9 Å². The smallest absolute Gasteiger partial charge is 0.247 e. The maximum atomic E-state index is 10.9. The van der Waals surface area contributed by atoms with E-state index in [4.69, 9.17) is 22.1 Å². The van der Waals surface area contributed by atoms with Gasteiger partial charge in [-0.3, -0.25) is 4.79 Å². The van der Waals surface area contributed by atoms with Gasteiger partial charge in [-0.05, 0) is 24.1 Å². The fourth-order valence-electron chi connectivity index (χ4n) is 1.84. The summed E-state index contributed by atoms with van der Waals surface area (Å²) in [5, 5.41) is 3.99. The Hall–Kier alpha value is -1.10. The van der Waals surface area contributed by atoms with Crippen molar-refractivity contribution in [1.29, 1.82) is 0 Å². The van der Waals surface area contributed by atoms with E-state index in [1.807, 2.05) is 24.3 Å². The molecule has 0 saturated carbocycles. The van der Waals surface area contributed by atoms with Gasteiger partial charge in [-0.2, -0.15) is 0 Å². The molecule has 17 heavy (non-hydrogen) atoms. The lowest BCUT2D eigenvalue weighted by atomic mass is 10.1. The minimum Gasteiger partial charge on any atom is -0.367 e. The average molecular weight is 255 g/mol. The van der Waals surface area contributed by atoms with Gasteiger partial charge in [-0.15, -0.1) is 0 Å². The number of ether oxygens (including phenoxy) is 1. The third-order valence-corrected chi connectivity index (χ3v) is 3.06. The van der Waals surface area contributed by atoms with E-state index in [2.05, 4.69) is 5.32 Å². The lowest BCUT2D eigenvalue weighted by Crippen LogP contribution is -2.51. The van der Waals surface area contributed by atoms with Crippen molar-refractivity contribution in [2.24, 2.45) is 5.73 Å². The summed E-state index contributed by atoms with van der Waals surface area (Å²) < 4.78 is 5.38. The van der Waals surface area contributed by atoms with E-state index < -0.39 is 12.0 Å². The number of morpholine rings is 1. The Morgan fingerprint density at radius 3 is 2.71 bits per heavy atom. The Morgan fingerprint density at radius 1 is 1.47 bits per heavy atom. The third kappa shape index (κ3) is 3.43. The van der Waals surface area contributed by atoms with Gasteiger partial charge in [0.15, 0.2) is 0 Å². The summed E-state index contributed by atoms with van der Waals surface area (Å²) in [5.41, 5.74) is 6.35. The molecule has 1 saturated heterocycles. The van der Waals surface area contributed by atoms with Crippen LogP contribution in [-0.4, -0.2) is 31.2 Å². The normalized spacial score (nSPS) is 24.5. The van der Waals surface area contributed by atoms with Crippen LogP contribution in [0.3, 0.4) is 0 Å². The lowest BCUT2D eigenvalue weighted by Gasteiger charge is -2.28. The van der Waals surface area contributed by atoms with Crippen molar-refractivity contribution in [3.8, 4) is 0 Å². The molecule has 2 atom stereocenters. The van der Waals surface area contributed by atoms with E-state index in [1.54, 1.807) is 0 Å². The SMILES string of the molecule is NC(=O)[C@@H]1CNC(Cc2ccc(Cl)cc2)CO1. The molecule has 5 heteroatoms. The van der Waals surface area contributed by atoms with Crippen LogP contribution in [0, 0.1) is 0 Å². The second-order valence-electron chi connectivity index (χ2n) is 4.16. The maximum absolute atomic E-state index is 10.9. The molecule has 1 aromatic rings. The Labute approximate surface area is 105 Å². The monoisotopic (exact) mass is 254 g/mol. The van der Waals surface area contributed by atoms with Crippen molar-refractivity contribution < 1.29 is 9.53 Å². The molecule has 1 aliphatic rings. The number of nitrogens with one attached hydrogen (secondary N) is 1. The highest BCUT2D eigenvalue weighted by molar-refractivity contribution is 6.30. The number of rotatable bonds is 3. The van der Waals surface area contributed by atoms with Gasteiger partial charge in [0, 0.05) is 17.6 Å². The minimum atomic E-state index is -0.503. The van der Waals surface area contributed by atoms with Crippen molar-refractivity contribution >= 4 is 17.5 Å². The molecule has 0 radical (unpaired) electrons. The Morgan fingerprint density at radius 2 is 2.18 bits per heavy atom. The van der Waals surface area contributed by atoms with Crippen LogP contribution in [0.4, 0.5) is 0 Å². The Bertz CT molecular complexity index is 386. The average Bonchev–Trinajstić information content (AvgIpc) is 2.33. The number of nitrogens with two attached hydrogens (primary N) is 1. The first-order valence-corrected chi connectivity index (χ1v) is 5.91. The highest BCUT2D eigenvalue weighted by Gasteiger charge is 2.24. The predicted octanol–water partition coefficient (Wildman–Crippen LogP) is 0.725. The zero-order chi connectivity index (χ0) is 12.3. The third-order valence-electron chi connectivity index (χ3n) is 2.80. The quantitative estimate of drug-likeness (QED) is 0.836. The maximum Gasteiger partial charge on any atom is 0.247 e. The van der Waals surface area contributed by atoms with Crippen molar-refractivity contribution in [3.63, 3.8) is 0 Å². The van der Waals surface area contributed by atoms with Gasteiger partial charge in [-0.25, -0.2) is 0 Å². The summed E-state index contributed by atoms with van der Waals surface area (Å²) in [4.78, 5) is 10.9. The number of halogens is 1. The molecular weight excluding hydrogens is 240 g/mol. The highest BCUT2D eigenvalue weighted by Crippen LogP contribution is 2.12. The molecule has 1 aliphatic heterocycles. The van der Waals surface area contributed by atoms with E-state index in [9.17, 15) is 4.79 Å². The first-order valence-electron chi connectivity index (χ1n) is 5.54. The molecule has 1 heterocycles. The topological polar surface area (TPSA) is 64.4 Å². The van der Waals surface area contributed by atoms with Gasteiger partial charge in [0.25, 0.3) is 0 Å². The second kappa shape index (κ2) is 5.49. The number of carbonyl (C=O) groups excluding carboxylic acids is 1. The molecule has 3 N–H and O–H groups in total. The van der Waals surface area contributed by atoms with Gasteiger partial charge in [-0.1, -0.05) is 23.7 Å². The zero-order valence-electron chi connectivity index (χ0n) is 9.36. The highest BCUT2D eigenvalue weighted by atomic mass is 35.5. The van der Waals surface area contributed by atoms with Crippen LogP contribution >= 0.6 is 11.6 Å². The molecule has 1 unspecified atom stereocenters. The van der Waals surface area contributed by atoms with Gasteiger partial charge >= 0.3 is 0 Å². The molecule has 1 amide bonds. The number of carbonyl (C=O) groups is 1. The number of benzene rings is 1. The van der Waals surface area contributed by atoms with Gasteiger partial charge in [0.1, 0.15) is 6.10 Å². The lowest BCUT2D eigenvalue weighted by molar-refractivity contribution is -0.132. The van der Waals surface area contributed by atoms with E-state index >= 15 is 0 Å². The number of hydrogen-bond acceptors (Lipinski definition) is 3. The molecule has 1 fully saturated rings. The van der Waals surface area contributed by atoms with Gasteiger partial charge in [0.05, 0.1) is 6.61 Å². The summed E-state index contributed by atoms with van der Waals surface area (Å²) >= 11 is 5.82. The zero-order valence-corrected chi connectivity index (χ0v) is 10.1. The molecule has 1 aromatic carbocycles. The molecular formula is C12H15ClN2O2. The molecule has 2 rings (SSSR count). The molecule has 0 aliphatic carbocycles. The summed E-state index contributed by atoms with van der Waals surface area (Å²) in [7, 11) is 0. The van der Waals surface area contributed by atoms with Crippen LogP contribution in [0.5, 0.6) is 0 Å². The summed E-state index contributed by atoms with van der Waals surface area (Å²) in [6.45, 7) is 0.976. The van der Waals surface area contributed by atoms with Crippen molar-refractivity contribution in [2.45, 2.75) is 18.6 Å². The number of amides is 1. The fraction of sp³-hybridized carbons (Fsp3) is 0.417. The van der Waals surface area contributed by atoms with Crippen LogP contribution in [0.2, 0.25) is 5.02 Å². The summed E-state index contributed by atoms with van der Waals surface area (Å²) in [6.07, 6.45) is 0.347. The van der Waals surface area contributed by atoms with E-state index in [0.29, 0.717) is 13.2 Å². The molecule has 0 bridgehead atoms.